The molecule has 0 bridgehead atoms. The van der Waals surface area contributed by atoms with Crippen LogP contribution in [0.15, 0.2) is 18.2 Å². The Balaban J connectivity index is 1.46. The van der Waals surface area contributed by atoms with Crippen molar-refractivity contribution in [3.8, 4) is 11.5 Å². The van der Waals surface area contributed by atoms with Gasteiger partial charge in [0.2, 0.25) is 6.79 Å². The summed E-state index contributed by atoms with van der Waals surface area (Å²) < 4.78 is 15.9. The molecule has 102 valence electrons. The maximum Gasteiger partial charge on any atom is 0.231 e. The van der Waals surface area contributed by atoms with Crippen molar-refractivity contribution in [3.63, 3.8) is 0 Å². The van der Waals surface area contributed by atoms with Crippen LogP contribution in [0, 0.1) is 5.92 Å². The SMILES string of the molecule is O=C(COCCC1CCC1)c1ccc2c(c1)OCO2. The number of carbonyl (C=O) groups is 1. The predicted octanol–water partition coefficient (Wildman–Crippen LogP) is 2.80. The second-order valence-corrected chi connectivity index (χ2v) is 5.13. The van der Waals surface area contributed by atoms with Gasteiger partial charge in [-0.15, -0.1) is 0 Å². The van der Waals surface area contributed by atoms with Gasteiger partial charge >= 0.3 is 0 Å². The highest BCUT2D eigenvalue weighted by molar-refractivity contribution is 5.97. The van der Waals surface area contributed by atoms with Gasteiger partial charge in [-0.3, -0.25) is 4.79 Å². The van der Waals surface area contributed by atoms with E-state index < -0.39 is 0 Å². The largest absolute Gasteiger partial charge is 0.454 e. The van der Waals surface area contributed by atoms with Crippen LogP contribution in [-0.4, -0.2) is 25.8 Å². The summed E-state index contributed by atoms with van der Waals surface area (Å²) in [5.74, 6) is 2.15. The smallest absolute Gasteiger partial charge is 0.231 e. The molecule has 1 saturated carbocycles. The van der Waals surface area contributed by atoms with Crippen LogP contribution < -0.4 is 9.47 Å². The molecule has 1 aromatic rings. The van der Waals surface area contributed by atoms with Gasteiger partial charge in [-0.25, -0.2) is 0 Å². The van der Waals surface area contributed by atoms with E-state index in [2.05, 4.69) is 0 Å². The van der Waals surface area contributed by atoms with Crippen molar-refractivity contribution in [1.82, 2.24) is 0 Å². The fourth-order valence-electron chi connectivity index (χ4n) is 2.35. The maximum absolute atomic E-state index is 12.0. The Bertz CT molecular complexity index is 465. The highest BCUT2D eigenvalue weighted by atomic mass is 16.7. The lowest BCUT2D eigenvalue weighted by Gasteiger charge is -2.24. The van der Waals surface area contributed by atoms with E-state index in [4.69, 9.17) is 14.2 Å². The minimum Gasteiger partial charge on any atom is -0.454 e. The average molecular weight is 262 g/mol. The van der Waals surface area contributed by atoms with Crippen molar-refractivity contribution >= 4 is 5.78 Å². The summed E-state index contributed by atoms with van der Waals surface area (Å²) in [6.45, 7) is 1.05. The van der Waals surface area contributed by atoms with E-state index in [1.807, 2.05) is 0 Å². The zero-order valence-corrected chi connectivity index (χ0v) is 10.9. The average Bonchev–Trinajstić information content (AvgIpc) is 2.83. The number of Topliss-reactive ketones (excluding diaryl/α,β-unsaturated/α-hetero) is 1. The molecule has 0 aromatic heterocycles. The van der Waals surface area contributed by atoms with Crippen LogP contribution in [0.3, 0.4) is 0 Å². The topological polar surface area (TPSA) is 44.8 Å². The third-order valence-electron chi connectivity index (χ3n) is 3.82. The minimum absolute atomic E-state index is 0.00749. The lowest BCUT2D eigenvalue weighted by molar-refractivity contribution is 0.0704. The molecule has 0 unspecified atom stereocenters. The van der Waals surface area contributed by atoms with E-state index in [0.29, 0.717) is 23.7 Å². The first-order valence-corrected chi connectivity index (χ1v) is 6.83. The Morgan fingerprint density at radius 1 is 1.26 bits per heavy atom. The molecule has 0 spiro atoms. The van der Waals surface area contributed by atoms with Crippen molar-refractivity contribution in [1.29, 1.82) is 0 Å². The number of ketones is 1. The fraction of sp³-hybridized carbons (Fsp3) is 0.533. The van der Waals surface area contributed by atoms with Crippen LogP contribution in [0.25, 0.3) is 0 Å². The maximum atomic E-state index is 12.0. The summed E-state index contributed by atoms with van der Waals surface area (Å²) in [5.41, 5.74) is 0.618. The zero-order chi connectivity index (χ0) is 13.1. The van der Waals surface area contributed by atoms with Crippen LogP contribution in [0.2, 0.25) is 0 Å². The number of rotatable bonds is 6. The van der Waals surface area contributed by atoms with Crippen molar-refractivity contribution < 1.29 is 19.0 Å². The standard InChI is InChI=1S/C15H18O4/c16-13(9-17-7-6-11-2-1-3-11)12-4-5-14-15(8-12)19-10-18-14/h4-5,8,11H,1-3,6-7,9-10H2. The van der Waals surface area contributed by atoms with Crippen LogP contribution in [0.4, 0.5) is 0 Å². The molecule has 4 nitrogen and oxygen atoms in total. The molecule has 4 heteroatoms. The number of benzene rings is 1. The van der Waals surface area contributed by atoms with E-state index in [0.717, 1.165) is 12.3 Å². The third kappa shape index (κ3) is 2.89. The molecule has 1 aliphatic carbocycles. The van der Waals surface area contributed by atoms with Gasteiger partial charge in [0.15, 0.2) is 17.3 Å². The third-order valence-corrected chi connectivity index (χ3v) is 3.82. The molecule has 1 heterocycles. The Morgan fingerprint density at radius 3 is 2.89 bits per heavy atom. The number of ether oxygens (including phenoxy) is 3. The zero-order valence-electron chi connectivity index (χ0n) is 10.9. The Labute approximate surface area is 112 Å². The van der Waals surface area contributed by atoms with Gasteiger partial charge in [-0.2, -0.15) is 0 Å². The van der Waals surface area contributed by atoms with Crippen LogP contribution in [-0.2, 0) is 4.74 Å². The first-order chi connectivity index (χ1) is 9.33. The van der Waals surface area contributed by atoms with Crippen LogP contribution in [0.1, 0.15) is 36.0 Å². The summed E-state index contributed by atoms with van der Waals surface area (Å²) in [5, 5.41) is 0. The lowest BCUT2D eigenvalue weighted by atomic mass is 9.83. The van der Waals surface area contributed by atoms with Gasteiger partial charge in [0.25, 0.3) is 0 Å². The van der Waals surface area contributed by atoms with Gasteiger partial charge in [-0.1, -0.05) is 19.3 Å². The van der Waals surface area contributed by atoms with E-state index >= 15 is 0 Å². The molecule has 2 aliphatic rings. The summed E-state index contributed by atoms with van der Waals surface area (Å²) >= 11 is 0. The molecule has 1 fully saturated rings. The summed E-state index contributed by atoms with van der Waals surface area (Å²) in [7, 11) is 0. The number of hydrogen-bond acceptors (Lipinski definition) is 4. The molecule has 0 amide bonds. The molecule has 0 saturated heterocycles. The molecular formula is C15H18O4. The first kappa shape index (κ1) is 12.5. The molecule has 19 heavy (non-hydrogen) atoms. The predicted molar refractivity (Wildman–Crippen MR) is 69.7 cm³/mol. The van der Waals surface area contributed by atoms with Crippen molar-refractivity contribution in [2.45, 2.75) is 25.7 Å². The van der Waals surface area contributed by atoms with Gasteiger partial charge in [0.05, 0.1) is 0 Å². The Hall–Kier alpha value is -1.55. The second-order valence-electron chi connectivity index (χ2n) is 5.13. The Kier molecular flexibility index (Phi) is 3.69. The van der Waals surface area contributed by atoms with E-state index in [1.165, 1.54) is 19.3 Å². The summed E-state index contributed by atoms with van der Waals surface area (Å²) in [6.07, 6.45) is 5.06. The molecule has 0 N–H and O–H groups in total. The van der Waals surface area contributed by atoms with Crippen LogP contribution in [0.5, 0.6) is 11.5 Å². The lowest BCUT2D eigenvalue weighted by Crippen LogP contribution is -2.16. The van der Waals surface area contributed by atoms with E-state index in [-0.39, 0.29) is 19.2 Å². The molecule has 0 atom stereocenters. The number of fused-ring (bicyclic) bond motifs is 1. The van der Waals surface area contributed by atoms with Crippen molar-refractivity contribution in [2.24, 2.45) is 5.92 Å². The van der Waals surface area contributed by atoms with Crippen molar-refractivity contribution in [2.75, 3.05) is 20.0 Å². The highest BCUT2D eigenvalue weighted by Gasteiger charge is 2.18. The van der Waals surface area contributed by atoms with Gasteiger partial charge < -0.3 is 14.2 Å². The normalized spacial score (nSPS) is 17.3. The van der Waals surface area contributed by atoms with Gasteiger partial charge in [0.1, 0.15) is 6.61 Å². The quantitative estimate of drug-likeness (QED) is 0.584. The highest BCUT2D eigenvalue weighted by Crippen LogP contribution is 2.32. The van der Waals surface area contributed by atoms with Crippen molar-refractivity contribution in [3.05, 3.63) is 23.8 Å². The molecule has 3 rings (SSSR count). The fourth-order valence-corrected chi connectivity index (χ4v) is 2.35. The number of hydrogen-bond donors (Lipinski definition) is 0. The van der Waals surface area contributed by atoms with Gasteiger partial charge in [-0.05, 0) is 30.5 Å². The van der Waals surface area contributed by atoms with E-state index in [1.54, 1.807) is 18.2 Å². The molecule has 0 radical (unpaired) electrons. The minimum atomic E-state index is -0.00749. The van der Waals surface area contributed by atoms with Crippen LogP contribution >= 0.6 is 0 Å². The number of carbonyl (C=O) groups excluding carboxylic acids is 1. The molecule has 1 aromatic carbocycles. The monoisotopic (exact) mass is 262 g/mol. The Morgan fingerprint density at radius 2 is 2.11 bits per heavy atom. The first-order valence-electron chi connectivity index (χ1n) is 6.83. The summed E-state index contributed by atoms with van der Waals surface area (Å²) in [6, 6.07) is 5.25. The summed E-state index contributed by atoms with van der Waals surface area (Å²) in [4.78, 5) is 12.0. The van der Waals surface area contributed by atoms with E-state index in [9.17, 15) is 4.79 Å². The molecular weight excluding hydrogens is 244 g/mol. The molecule has 1 aliphatic heterocycles. The second kappa shape index (κ2) is 5.61. The van der Waals surface area contributed by atoms with Gasteiger partial charge in [0, 0.05) is 12.2 Å².